The van der Waals surface area contributed by atoms with Crippen LogP contribution in [0.15, 0.2) is 34.9 Å². The molecule has 96 valence electrons. The maximum absolute atomic E-state index is 12.3. The molecule has 1 N–H and O–H groups in total. The number of anilines is 1. The van der Waals surface area contributed by atoms with Crippen LogP contribution in [0, 0.1) is 6.92 Å². The van der Waals surface area contributed by atoms with Gasteiger partial charge in [-0.1, -0.05) is 0 Å². The molecule has 5 heteroatoms. The number of amides is 1. The van der Waals surface area contributed by atoms with Gasteiger partial charge in [-0.15, -0.1) is 0 Å². The molecule has 0 atom stereocenters. The Labute approximate surface area is 109 Å². The first-order chi connectivity index (χ1) is 9.15. The van der Waals surface area contributed by atoms with Crippen LogP contribution in [-0.4, -0.2) is 18.3 Å². The summed E-state index contributed by atoms with van der Waals surface area (Å²) in [5, 5.41) is 2.68. The summed E-state index contributed by atoms with van der Waals surface area (Å²) in [5.41, 5.74) is 1.51. The van der Waals surface area contributed by atoms with Crippen molar-refractivity contribution in [3.05, 3.63) is 47.4 Å². The fraction of sp³-hybridized carbons (Fsp3) is 0.143. The summed E-state index contributed by atoms with van der Waals surface area (Å²) in [4.78, 5) is 23.5. The minimum Gasteiger partial charge on any atom is -0.482 e. The lowest BCUT2D eigenvalue weighted by Gasteiger charge is -2.18. The van der Waals surface area contributed by atoms with E-state index in [9.17, 15) is 9.59 Å². The van der Waals surface area contributed by atoms with Crippen LogP contribution in [0.1, 0.15) is 21.7 Å². The minimum atomic E-state index is -0.225. The van der Waals surface area contributed by atoms with E-state index in [1.807, 2.05) is 0 Å². The van der Waals surface area contributed by atoms with Crippen molar-refractivity contribution in [2.75, 3.05) is 11.9 Å². The Morgan fingerprint density at radius 2 is 2.16 bits per heavy atom. The van der Waals surface area contributed by atoms with Crippen molar-refractivity contribution in [2.24, 2.45) is 0 Å². The number of fused-ring (bicyclic) bond motifs is 1. The van der Waals surface area contributed by atoms with Crippen LogP contribution in [0.4, 0.5) is 5.69 Å². The molecule has 19 heavy (non-hydrogen) atoms. The molecular formula is C14H11NO4. The zero-order chi connectivity index (χ0) is 13.4. The number of nitrogens with one attached hydrogen (secondary N) is 1. The van der Waals surface area contributed by atoms with Crippen LogP contribution in [0.3, 0.4) is 0 Å². The second-order valence-corrected chi connectivity index (χ2v) is 4.27. The fourth-order valence-corrected chi connectivity index (χ4v) is 2.00. The van der Waals surface area contributed by atoms with Gasteiger partial charge in [-0.3, -0.25) is 9.59 Å². The summed E-state index contributed by atoms with van der Waals surface area (Å²) in [6.45, 7) is 1.73. The Morgan fingerprint density at radius 3 is 2.89 bits per heavy atom. The normalized spacial score (nSPS) is 13.4. The van der Waals surface area contributed by atoms with Crippen LogP contribution in [0.5, 0.6) is 5.75 Å². The second kappa shape index (κ2) is 4.28. The fourth-order valence-electron chi connectivity index (χ4n) is 2.00. The molecular weight excluding hydrogens is 246 g/mol. The van der Waals surface area contributed by atoms with Gasteiger partial charge < -0.3 is 14.5 Å². The first-order valence-electron chi connectivity index (χ1n) is 5.80. The highest BCUT2D eigenvalue weighted by atomic mass is 16.5. The summed E-state index contributed by atoms with van der Waals surface area (Å²) < 4.78 is 10.4. The number of ether oxygens (including phenoxy) is 1. The van der Waals surface area contributed by atoms with Gasteiger partial charge in [0.1, 0.15) is 11.5 Å². The number of aryl methyl sites for hydroxylation is 1. The molecule has 0 fully saturated rings. The Kier molecular flexibility index (Phi) is 2.59. The lowest BCUT2D eigenvalue weighted by atomic mass is 10.0. The van der Waals surface area contributed by atoms with Crippen LogP contribution in [-0.2, 0) is 4.79 Å². The van der Waals surface area contributed by atoms with Crippen molar-refractivity contribution < 1.29 is 18.7 Å². The van der Waals surface area contributed by atoms with Gasteiger partial charge in [0, 0.05) is 5.56 Å². The molecule has 2 aromatic rings. The van der Waals surface area contributed by atoms with Gasteiger partial charge in [0.05, 0.1) is 17.5 Å². The number of benzene rings is 1. The highest BCUT2D eigenvalue weighted by Gasteiger charge is 2.19. The topological polar surface area (TPSA) is 68.5 Å². The lowest BCUT2D eigenvalue weighted by Crippen LogP contribution is -2.25. The van der Waals surface area contributed by atoms with Gasteiger partial charge in [-0.05, 0) is 31.2 Å². The smallest absolute Gasteiger partial charge is 0.262 e. The SMILES string of the molecule is Cc1occc1C(=O)c1ccc2c(c1)NC(=O)CO2. The van der Waals surface area contributed by atoms with Crippen LogP contribution >= 0.6 is 0 Å². The molecule has 2 heterocycles. The molecule has 0 saturated heterocycles. The van der Waals surface area contributed by atoms with Gasteiger partial charge in [-0.25, -0.2) is 0 Å². The average Bonchev–Trinajstić information content (AvgIpc) is 2.83. The van der Waals surface area contributed by atoms with Gasteiger partial charge in [0.15, 0.2) is 12.4 Å². The lowest BCUT2D eigenvalue weighted by molar-refractivity contribution is -0.118. The largest absolute Gasteiger partial charge is 0.482 e. The molecule has 5 nitrogen and oxygen atoms in total. The van der Waals surface area contributed by atoms with Crippen LogP contribution < -0.4 is 10.1 Å². The molecule has 1 aliphatic heterocycles. The third-order valence-electron chi connectivity index (χ3n) is 2.98. The molecule has 1 aromatic carbocycles. The molecule has 1 aromatic heterocycles. The number of hydrogen-bond acceptors (Lipinski definition) is 4. The molecule has 0 spiro atoms. The summed E-state index contributed by atoms with van der Waals surface area (Å²) in [6.07, 6.45) is 1.48. The minimum absolute atomic E-state index is 0.00112. The molecule has 3 rings (SSSR count). The zero-order valence-corrected chi connectivity index (χ0v) is 10.2. The van der Waals surface area contributed by atoms with Gasteiger partial charge in [0.25, 0.3) is 5.91 Å². The third kappa shape index (κ3) is 1.99. The Bertz CT molecular complexity index is 672. The summed E-state index contributed by atoms with van der Waals surface area (Å²) in [7, 11) is 0. The van der Waals surface area contributed by atoms with Gasteiger partial charge in [0.2, 0.25) is 0 Å². The third-order valence-corrected chi connectivity index (χ3v) is 2.98. The summed E-state index contributed by atoms with van der Waals surface area (Å²) in [5.74, 6) is 0.772. The van der Waals surface area contributed by atoms with E-state index >= 15 is 0 Å². The van der Waals surface area contributed by atoms with E-state index in [1.54, 1.807) is 31.2 Å². The van der Waals surface area contributed by atoms with E-state index in [2.05, 4.69) is 5.32 Å². The van der Waals surface area contributed by atoms with E-state index in [1.165, 1.54) is 6.26 Å². The molecule has 1 amide bonds. The maximum Gasteiger partial charge on any atom is 0.262 e. The number of furan rings is 1. The first-order valence-corrected chi connectivity index (χ1v) is 5.80. The quantitative estimate of drug-likeness (QED) is 0.837. The predicted molar refractivity (Wildman–Crippen MR) is 67.4 cm³/mol. The van der Waals surface area contributed by atoms with Crippen LogP contribution in [0.2, 0.25) is 0 Å². The number of carbonyl (C=O) groups excluding carboxylic acids is 2. The van der Waals surface area contributed by atoms with Crippen molar-refractivity contribution >= 4 is 17.4 Å². The highest BCUT2D eigenvalue weighted by Crippen LogP contribution is 2.29. The zero-order valence-electron chi connectivity index (χ0n) is 10.2. The molecule has 0 radical (unpaired) electrons. The summed E-state index contributed by atoms with van der Waals surface area (Å²) in [6, 6.07) is 6.59. The van der Waals surface area contributed by atoms with E-state index in [0.29, 0.717) is 28.3 Å². The number of hydrogen-bond donors (Lipinski definition) is 1. The van der Waals surface area contributed by atoms with Crippen molar-refractivity contribution in [1.82, 2.24) is 0 Å². The average molecular weight is 257 g/mol. The van der Waals surface area contributed by atoms with Crippen molar-refractivity contribution in [3.8, 4) is 5.75 Å². The van der Waals surface area contributed by atoms with Crippen molar-refractivity contribution in [2.45, 2.75) is 6.92 Å². The molecule has 0 bridgehead atoms. The van der Waals surface area contributed by atoms with E-state index in [0.717, 1.165) is 0 Å². The second-order valence-electron chi connectivity index (χ2n) is 4.27. The van der Waals surface area contributed by atoms with E-state index in [4.69, 9.17) is 9.15 Å². The Morgan fingerprint density at radius 1 is 1.32 bits per heavy atom. The van der Waals surface area contributed by atoms with Gasteiger partial charge >= 0.3 is 0 Å². The molecule has 0 unspecified atom stereocenters. The van der Waals surface area contributed by atoms with E-state index < -0.39 is 0 Å². The molecule has 0 aliphatic carbocycles. The Balaban J connectivity index is 1.98. The van der Waals surface area contributed by atoms with Crippen molar-refractivity contribution in [3.63, 3.8) is 0 Å². The van der Waals surface area contributed by atoms with Gasteiger partial charge in [-0.2, -0.15) is 0 Å². The monoisotopic (exact) mass is 257 g/mol. The first kappa shape index (κ1) is 11.5. The Hall–Kier alpha value is -2.56. The maximum atomic E-state index is 12.3. The standard InChI is InChI=1S/C14H11NO4/c1-8-10(4-5-18-8)14(17)9-2-3-12-11(6-9)15-13(16)7-19-12/h2-6H,7H2,1H3,(H,15,16). The van der Waals surface area contributed by atoms with Crippen LogP contribution in [0.25, 0.3) is 0 Å². The van der Waals surface area contributed by atoms with Crippen molar-refractivity contribution in [1.29, 1.82) is 0 Å². The van der Waals surface area contributed by atoms with E-state index in [-0.39, 0.29) is 18.3 Å². The summed E-state index contributed by atoms with van der Waals surface area (Å²) >= 11 is 0. The molecule has 1 aliphatic rings. The predicted octanol–water partition coefficient (Wildman–Crippen LogP) is 2.15. The molecule has 0 saturated carbocycles. The number of rotatable bonds is 2. The number of carbonyl (C=O) groups is 2. The number of ketones is 1. The highest BCUT2D eigenvalue weighted by molar-refractivity contribution is 6.10.